The molecule has 0 fully saturated rings. The number of carbonyl (C=O) groups is 3. The number of phosphoric acid groups is 1. The van der Waals surface area contributed by atoms with Gasteiger partial charge in [0.05, 0.1) is 57.4 Å². The van der Waals surface area contributed by atoms with Crippen molar-refractivity contribution in [1.29, 1.82) is 0 Å². The van der Waals surface area contributed by atoms with E-state index in [0.717, 1.165) is 0 Å². The molecule has 0 saturated carbocycles. The maximum atomic E-state index is 13.1. The van der Waals surface area contributed by atoms with E-state index in [9.17, 15) is 34.3 Å². The molecular formula is C18H36N3O13PS3. The van der Waals surface area contributed by atoms with E-state index >= 15 is 0 Å². The topological polar surface area (TPSA) is 262 Å². The van der Waals surface area contributed by atoms with Crippen molar-refractivity contribution in [2.45, 2.75) is 37.6 Å². The molecule has 0 aromatic rings. The van der Waals surface area contributed by atoms with Crippen LogP contribution in [0.25, 0.3) is 0 Å². The Balaban J connectivity index is 4.70. The molecule has 9 N–H and O–H groups in total. The number of rotatable bonds is 24. The van der Waals surface area contributed by atoms with Crippen molar-refractivity contribution in [1.82, 2.24) is 0 Å². The first-order valence-electron chi connectivity index (χ1n) is 11.0. The second-order valence-electron chi connectivity index (χ2n) is 7.24. The maximum Gasteiger partial charge on any atom is 0.475 e. The third kappa shape index (κ3) is 21.2. The third-order valence-electron chi connectivity index (χ3n) is 3.95. The van der Waals surface area contributed by atoms with Crippen LogP contribution in [0.2, 0.25) is 0 Å². The number of phosphoric ester groups is 1. The van der Waals surface area contributed by atoms with Crippen LogP contribution in [0.1, 0.15) is 19.3 Å². The number of hydrogen-bond acceptors (Lipinski definition) is 19. The van der Waals surface area contributed by atoms with Crippen molar-refractivity contribution in [2.75, 3.05) is 54.3 Å². The summed E-state index contributed by atoms with van der Waals surface area (Å²) in [5.41, 5.74) is 0. The van der Waals surface area contributed by atoms with Gasteiger partial charge in [-0.1, -0.05) is 0 Å². The Labute approximate surface area is 232 Å². The van der Waals surface area contributed by atoms with Gasteiger partial charge < -0.3 is 29.8 Å². The number of thioether (sulfide) groups is 3. The van der Waals surface area contributed by atoms with E-state index < -0.39 is 63.9 Å². The number of nitrogens with two attached hydrogens (primary N) is 3. The zero-order chi connectivity index (χ0) is 28.8. The number of aliphatic hydroxyl groups excluding tert-OH is 3. The van der Waals surface area contributed by atoms with Gasteiger partial charge in [-0.05, 0) is 0 Å². The highest BCUT2D eigenvalue weighted by molar-refractivity contribution is 7.99. The first-order chi connectivity index (χ1) is 18.0. The molecular weight excluding hydrogens is 593 g/mol. The van der Waals surface area contributed by atoms with E-state index in [0.29, 0.717) is 17.3 Å². The van der Waals surface area contributed by atoms with Crippen molar-refractivity contribution in [3.8, 4) is 0 Å². The quantitative estimate of drug-likeness (QED) is 0.0418. The summed E-state index contributed by atoms with van der Waals surface area (Å²) in [5.74, 6) is 13.7. The van der Waals surface area contributed by atoms with Gasteiger partial charge in [0.1, 0.15) is 0 Å². The van der Waals surface area contributed by atoms with Crippen LogP contribution in [0.15, 0.2) is 0 Å². The molecule has 0 aromatic carbocycles. The van der Waals surface area contributed by atoms with Crippen molar-refractivity contribution >= 4 is 61.0 Å². The monoisotopic (exact) mass is 629 g/mol. The van der Waals surface area contributed by atoms with Crippen LogP contribution >= 0.6 is 43.1 Å². The normalized spacial score (nSPS) is 15.2. The molecule has 0 amide bonds. The third-order valence-corrected chi connectivity index (χ3v) is 8.69. The second-order valence-corrected chi connectivity index (χ2v) is 12.4. The highest BCUT2D eigenvalue weighted by atomic mass is 32.2. The fraction of sp³-hybridized carbons (Fsp3) is 0.833. The van der Waals surface area contributed by atoms with Crippen LogP contribution in [0, 0.1) is 0 Å². The molecule has 20 heteroatoms. The fourth-order valence-corrected chi connectivity index (χ4v) is 5.91. The van der Waals surface area contributed by atoms with Gasteiger partial charge in [-0.15, -0.1) is 0 Å². The van der Waals surface area contributed by atoms with E-state index in [1.807, 2.05) is 0 Å². The van der Waals surface area contributed by atoms with Gasteiger partial charge in [0.25, 0.3) is 0 Å². The van der Waals surface area contributed by atoms with Crippen LogP contribution in [-0.2, 0) is 47.0 Å². The second kappa shape index (κ2) is 23.1. The number of hydrogen-bond donors (Lipinski definition) is 6. The Morgan fingerprint density at radius 2 is 0.868 bits per heavy atom. The van der Waals surface area contributed by atoms with Crippen molar-refractivity contribution in [3.05, 3.63) is 0 Å². The van der Waals surface area contributed by atoms with E-state index in [1.165, 1.54) is 35.3 Å². The standard InChI is InChI=1S/C18H36N3O13PS3/c19-32-16(25)1-4-36-10-13(22)7-29-35(28,30-8-14(23)11-37-5-2-17(26)33-20)31-9-15(24)12-38-6-3-18(27)34-21/h13-15,22-24H,1-12,19-21H2. The minimum Gasteiger partial charge on any atom is -0.390 e. The molecule has 0 rings (SSSR count). The average molecular weight is 630 g/mol. The summed E-state index contributed by atoms with van der Waals surface area (Å²) in [5, 5.41) is 30.3. The molecule has 0 aliphatic carbocycles. The lowest BCUT2D eigenvalue weighted by Gasteiger charge is -2.22. The zero-order valence-electron chi connectivity index (χ0n) is 20.5. The lowest BCUT2D eigenvalue weighted by atomic mass is 10.4. The maximum absolute atomic E-state index is 13.1. The minimum atomic E-state index is -4.34. The summed E-state index contributed by atoms with van der Waals surface area (Å²) in [6, 6.07) is 0. The van der Waals surface area contributed by atoms with Gasteiger partial charge in [-0.2, -0.15) is 53.0 Å². The molecule has 0 radical (unpaired) electrons. The predicted molar refractivity (Wildman–Crippen MR) is 140 cm³/mol. The van der Waals surface area contributed by atoms with Gasteiger partial charge in [-0.3, -0.25) is 28.0 Å². The number of carbonyl (C=O) groups excluding carboxylic acids is 3. The summed E-state index contributed by atoms with van der Waals surface area (Å²) >= 11 is 3.59. The largest absolute Gasteiger partial charge is 0.475 e. The molecule has 3 atom stereocenters. The number of aliphatic hydroxyl groups is 3. The minimum absolute atomic E-state index is 0.0338. The highest BCUT2D eigenvalue weighted by Gasteiger charge is 2.30. The van der Waals surface area contributed by atoms with Gasteiger partial charge >= 0.3 is 25.7 Å². The molecule has 0 aromatic heterocycles. The Morgan fingerprint density at radius 1 is 0.605 bits per heavy atom. The van der Waals surface area contributed by atoms with E-state index in [4.69, 9.17) is 31.3 Å². The van der Waals surface area contributed by atoms with Crippen LogP contribution in [0.3, 0.4) is 0 Å². The summed E-state index contributed by atoms with van der Waals surface area (Å²) in [6.07, 6.45) is -3.23. The van der Waals surface area contributed by atoms with Crippen molar-refractivity contribution < 1.29 is 62.4 Å². The lowest BCUT2D eigenvalue weighted by molar-refractivity contribution is -0.144. The molecule has 0 aliphatic rings. The van der Waals surface area contributed by atoms with E-state index in [2.05, 4.69) is 14.5 Å². The molecule has 0 aliphatic heterocycles. The molecule has 3 unspecified atom stereocenters. The van der Waals surface area contributed by atoms with Gasteiger partial charge in [0.15, 0.2) is 0 Å². The molecule has 0 bridgehead atoms. The molecule has 224 valence electrons. The molecule has 0 spiro atoms. The SMILES string of the molecule is NOC(=O)CCSCC(O)COP(=O)(OCC(O)CSCCC(=O)ON)OCC(O)CSCCC(=O)ON. The molecule has 0 saturated heterocycles. The predicted octanol–water partition coefficient (Wildman–Crippen LogP) is -1.15. The summed E-state index contributed by atoms with van der Waals surface area (Å²) in [6.45, 7) is -1.41. The first-order valence-corrected chi connectivity index (χ1v) is 16.0. The first kappa shape index (κ1) is 37.3. The molecule has 38 heavy (non-hydrogen) atoms. The van der Waals surface area contributed by atoms with Crippen molar-refractivity contribution in [2.24, 2.45) is 17.7 Å². The van der Waals surface area contributed by atoms with Gasteiger partial charge in [-0.25, -0.2) is 4.57 Å². The van der Waals surface area contributed by atoms with E-state index in [-0.39, 0.29) is 36.5 Å². The van der Waals surface area contributed by atoms with Crippen LogP contribution in [0.4, 0.5) is 0 Å². The highest BCUT2D eigenvalue weighted by Crippen LogP contribution is 2.49. The van der Waals surface area contributed by atoms with E-state index in [1.54, 1.807) is 0 Å². The van der Waals surface area contributed by atoms with Gasteiger partial charge in [0.2, 0.25) is 0 Å². The molecule has 0 heterocycles. The summed E-state index contributed by atoms with van der Waals surface area (Å²) in [7, 11) is -4.34. The Kier molecular flexibility index (Phi) is 22.7. The Bertz CT molecular complexity index is 638. The summed E-state index contributed by atoms with van der Waals surface area (Å²) in [4.78, 5) is 45.1. The lowest BCUT2D eigenvalue weighted by Crippen LogP contribution is -2.24. The average Bonchev–Trinajstić information content (AvgIpc) is 2.91. The van der Waals surface area contributed by atoms with Crippen LogP contribution in [0.5, 0.6) is 0 Å². The van der Waals surface area contributed by atoms with Crippen LogP contribution in [-0.4, -0.2) is 106 Å². The van der Waals surface area contributed by atoms with Crippen molar-refractivity contribution in [3.63, 3.8) is 0 Å². The fourth-order valence-electron chi connectivity index (χ4n) is 2.09. The smallest absolute Gasteiger partial charge is 0.390 e. The Hall–Kier alpha value is -0.670. The zero-order valence-corrected chi connectivity index (χ0v) is 23.9. The Morgan fingerprint density at radius 3 is 1.11 bits per heavy atom. The summed E-state index contributed by atoms with van der Waals surface area (Å²) < 4.78 is 28.6. The van der Waals surface area contributed by atoms with Crippen LogP contribution < -0.4 is 17.7 Å². The van der Waals surface area contributed by atoms with Gasteiger partial charge in [0, 0.05) is 34.5 Å². The molecule has 16 nitrogen and oxygen atoms in total.